The zero-order valence-corrected chi connectivity index (χ0v) is 13.2. The minimum atomic E-state index is -0.144. The quantitative estimate of drug-likeness (QED) is 0.445. The van der Waals surface area contributed by atoms with Crippen LogP contribution in [0, 0.1) is 0 Å². The smallest absolute Gasteiger partial charge is 0.0540 e. The van der Waals surface area contributed by atoms with Gasteiger partial charge in [-0.25, -0.2) is 0 Å². The molecule has 0 aromatic carbocycles. The van der Waals surface area contributed by atoms with Crippen molar-refractivity contribution < 1.29 is 10.2 Å². The molecular formula is C17H36O2. The van der Waals surface area contributed by atoms with Crippen molar-refractivity contribution in [2.75, 3.05) is 0 Å². The number of hydrogen-bond acceptors (Lipinski definition) is 2. The first-order valence-electron chi connectivity index (χ1n) is 8.53. The molecule has 0 aliphatic carbocycles. The van der Waals surface area contributed by atoms with Gasteiger partial charge in [0.1, 0.15) is 0 Å². The summed E-state index contributed by atoms with van der Waals surface area (Å²) in [6, 6.07) is 0. The summed E-state index contributed by atoms with van der Waals surface area (Å²) in [5, 5.41) is 19.0. The van der Waals surface area contributed by atoms with Crippen molar-refractivity contribution in [2.24, 2.45) is 0 Å². The van der Waals surface area contributed by atoms with Crippen molar-refractivity contribution in [2.45, 2.75) is 110 Å². The fourth-order valence-electron chi connectivity index (χ4n) is 2.48. The molecule has 0 radical (unpaired) electrons. The van der Waals surface area contributed by atoms with Crippen LogP contribution in [-0.2, 0) is 0 Å². The fraction of sp³-hybridized carbons (Fsp3) is 1.00. The van der Waals surface area contributed by atoms with E-state index in [1.165, 1.54) is 51.4 Å². The number of unbranched alkanes of at least 4 members (excludes halogenated alkanes) is 8. The van der Waals surface area contributed by atoms with Gasteiger partial charge in [-0.15, -0.1) is 0 Å². The summed E-state index contributed by atoms with van der Waals surface area (Å²) in [7, 11) is 0. The third-order valence-electron chi connectivity index (χ3n) is 3.80. The molecule has 2 unspecified atom stereocenters. The van der Waals surface area contributed by atoms with Gasteiger partial charge in [0.15, 0.2) is 0 Å². The summed E-state index contributed by atoms with van der Waals surface area (Å²) in [4.78, 5) is 0. The average molecular weight is 272 g/mol. The van der Waals surface area contributed by atoms with E-state index in [9.17, 15) is 5.11 Å². The van der Waals surface area contributed by atoms with E-state index in [2.05, 4.69) is 6.92 Å². The maximum Gasteiger partial charge on any atom is 0.0540 e. The highest BCUT2D eigenvalue weighted by Crippen LogP contribution is 2.13. The number of aliphatic hydroxyl groups excluding tert-OH is 2. The van der Waals surface area contributed by atoms with E-state index in [-0.39, 0.29) is 12.2 Å². The minimum absolute atomic E-state index is 0.0703. The zero-order valence-electron chi connectivity index (χ0n) is 13.2. The van der Waals surface area contributed by atoms with Gasteiger partial charge in [-0.2, -0.15) is 0 Å². The predicted molar refractivity (Wildman–Crippen MR) is 83.4 cm³/mol. The largest absolute Gasteiger partial charge is 0.393 e. The molecule has 0 amide bonds. The zero-order chi connectivity index (χ0) is 14.3. The molecule has 0 rings (SSSR count). The first-order chi connectivity index (χ1) is 9.16. The van der Waals surface area contributed by atoms with Gasteiger partial charge < -0.3 is 10.2 Å². The Balaban J connectivity index is 3.13. The molecule has 0 bridgehead atoms. The molecule has 19 heavy (non-hydrogen) atoms. The maximum absolute atomic E-state index is 9.85. The van der Waals surface area contributed by atoms with E-state index in [4.69, 9.17) is 5.11 Å². The van der Waals surface area contributed by atoms with Gasteiger partial charge in [-0.05, 0) is 26.2 Å². The predicted octanol–water partition coefficient (Wildman–Crippen LogP) is 4.82. The third-order valence-corrected chi connectivity index (χ3v) is 3.80. The Bertz CT molecular complexity index is 169. The van der Waals surface area contributed by atoms with Crippen molar-refractivity contribution in [3.63, 3.8) is 0 Å². The second-order valence-electron chi connectivity index (χ2n) is 6.05. The molecule has 0 fully saturated rings. The topological polar surface area (TPSA) is 40.5 Å². The summed E-state index contributed by atoms with van der Waals surface area (Å²) >= 11 is 0. The van der Waals surface area contributed by atoms with Gasteiger partial charge in [-0.3, -0.25) is 0 Å². The molecule has 116 valence electrons. The molecule has 0 aromatic heterocycles. The highest BCUT2D eigenvalue weighted by Gasteiger charge is 2.03. The van der Waals surface area contributed by atoms with Gasteiger partial charge >= 0.3 is 0 Å². The van der Waals surface area contributed by atoms with Gasteiger partial charge in [0.2, 0.25) is 0 Å². The Hall–Kier alpha value is -0.0800. The van der Waals surface area contributed by atoms with Crippen molar-refractivity contribution in [3.05, 3.63) is 0 Å². The molecule has 2 N–H and O–H groups in total. The lowest BCUT2D eigenvalue weighted by Gasteiger charge is -2.10. The van der Waals surface area contributed by atoms with E-state index >= 15 is 0 Å². The van der Waals surface area contributed by atoms with E-state index in [0.29, 0.717) is 0 Å². The normalized spacial score (nSPS) is 14.5. The fourth-order valence-corrected chi connectivity index (χ4v) is 2.48. The van der Waals surface area contributed by atoms with Crippen LogP contribution in [0.2, 0.25) is 0 Å². The first-order valence-corrected chi connectivity index (χ1v) is 8.53. The van der Waals surface area contributed by atoms with Crippen LogP contribution in [0.15, 0.2) is 0 Å². The van der Waals surface area contributed by atoms with Crippen LogP contribution in [0.4, 0.5) is 0 Å². The van der Waals surface area contributed by atoms with E-state index in [0.717, 1.165) is 32.1 Å². The van der Waals surface area contributed by atoms with Crippen LogP contribution in [0.25, 0.3) is 0 Å². The molecule has 0 aliphatic rings. The summed E-state index contributed by atoms with van der Waals surface area (Å²) < 4.78 is 0. The number of rotatable bonds is 14. The van der Waals surface area contributed by atoms with Crippen LogP contribution in [0.3, 0.4) is 0 Å². The molecule has 0 aromatic rings. The summed E-state index contributed by atoms with van der Waals surface area (Å²) in [6.45, 7) is 4.09. The lowest BCUT2D eigenvalue weighted by molar-refractivity contribution is 0.147. The molecule has 2 atom stereocenters. The van der Waals surface area contributed by atoms with E-state index in [1.807, 2.05) is 6.92 Å². The van der Waals surface area contributed by atoms with Crippen LogP contribution in [0.1, 0.15) is 97.3 Å². The lowest BCUT2D eigenvalue weighted by Crippen LogP contribution is -2.06. The van der Waals surface area contributed by atoms with Crippen molar-refractivity contribution in [3.8, 4) is 0 Å². The second kappa shape index (κ2) is 14.3. The standard InChI is InChI=1S/C17H36O2/c1-3-4-5-7-11-14-17(19)15-12-9-6-8-10-13-16(2)18/h16-19H,3-15H2,1-2H3. The van der Waals surface area contributed by atoms with Gasteiger partial charge in [-0.1, -0.05) is 71.1 Å². The summed E-state index contributed by atoms with van der Waals surface area (Å²) in [6.07, 6.45) is 15.1. The monoisotopic (exact) mass is 272 g/mol. The minimum Gasteiger partial charge on any atom is -0.393 e. The Morgan fingerprint density at radius 1 is 0.632 bits per heavy atom. The highest BCUT2D eigenvalue weighted by atomic mass is 16.3. The molecular weight excluding hydrogens is 236 g/mol. The number of aliphatic hydroxyl groups is 2. The second-order valence-corrected chi connectivity index (χ2v) is 6.05. The highest BCUT2D eigenvalue weighted by molar-refractivity contribution is 4.57. The molecule has 0 saturated carbocycles. The van der Waals surface area contributed by atoms with Crippen molar-refractivity contribution in [1.29, 1.82) is 0 Å². The summed E-state index contributed by atoms with van der Waals surface area (Å²) in [5.74, 6) is 0. The van der Waals surface area contributed by atoms with Gasteiger partial charge in [0.05, 0.1) is 12.2 Å². The van der Waals surface area contributed by atoms with Crippen molar-refractivity contribution >= 4 is 0 Å². The average Bonchev–Trinajstić information content (AvgIpc) is 2.37. The Kier molecular flexibility index (Phi) is 14.3. The Labute approximate surface area is 120 Å². The van der Waals surface area contributed by atoms with Crippen LogP contribution in [-0.4, -0.2) is 22.4 Å². The van der Waals surface area contributed by atoms with E-state index in [1.54, 1.807) is 0 Å². The molecule has 0 saturated heterocycles. The third kappa shape index (κ3) is 15.9. The first kappa shape index (κ1) is 18.9. The lowest BCUT2D eigenvalue weighted by atomic mass is 10.0. The van der Waals surface area contributed by atoms with Gasteiger partial charge in [0.25, 0.3) is 0 Å². The summed E-state index contributed by atoms with van der Waals surface area (Å²) in [5.41, 5.74) is 0. The molecule has 2 heteroatoms. The van der Waals surface area contributed by atoms with Crippen LogP contribution in [0.5, 0.6) is 0 Å². The van der Waals surface area contributed by atoms with Crippen molar-refractivity contribution in [1.82, 2.24) is 0 Å². The van der Waals surface area contributed by atoms with Crippen LogP contribution < -0.4 is 0 Å². The maximum atomic E-state index is 9.85. The number of hydrogen-bond donors (Lipinski definition) is 2. The van der Waals surface area contributed by atoms with E-state index < -0.39 is 0 Å². The van der Waals surface area contributed by atoms with Gasteiger partial charge in [0, 0.05) is 0 Å². The molecule has 0 spiro atoms. The Morgan fingerprint density at radius 2 is 1.05 bits per heavy atom. The molecule has 0 heterocycles. The Morgan fingerprint density at radius 3 is 1.53 bits per heavy atom. The molecule has 0 aliphatic heterocycles. The molecule has 2 nitrogen and oxygen atoms in total. The SMILES string of the molecule is CCCCCCCC(O)CCCCCCCC(C)O. The van der Waals surface area contributed by atoms with Crippen LogP contribution >= 0.6 is 0 Å².